The molecule has 0 aromatic heterocycles. The van der Waals surface area contributed by atoms with Crippen LogP contribution in [0, 0.1) is 0 Å². The van der Waals surface area contributed by atoms with Crippen molar-refractivity contribution >= 4 is 17.4 Å². The minimum absolute atomic E-state index is 0.0179. The number of fused-ring (bicyclic) bond motifs is 1. The molecule has 0 aliphatic carbocycles. The number of hydrogen-bond acceptors (Lipinski definition) is 7. The first-order valence-corrected chi connectivity index (χ1v) is 12.5. The molecule has 3 aromatic rings. The van der Waals surface area contributed by atoms with Crippen LogP contribution in [0.15, 0.2) is 78.4 Å². The number of likely N-dealkylation sites (tertiary alicyclic amines) is 1. The van der Waals surface area contributed by atoms with Crippen molar-refractivity contribution in [1.29, 1.82) is 0 Å². The predicted molar refractivity (Wildman–Crippen MR) is 140 cm³/mol. The second-order valence-corrected chi connectivity index (χ2v) is 9.04. The summed E-state index contributed by atoms with van der Waals surface area (Å²) >= 11 is 0. The van der Waals surface area contributed by atoms with Crippen LogP contribution in [-0.2, 0) is 20.9 Å². The number of ether oxygens (including phenoxy) is 4. The highest BCUT2D eigenvalue weighted by Gasteiger charge is 2.46. The van der Waals surface area contributed by atoms with Gasteiger partial charge < -0.3 is 29.0 Å². The lowest BCUT2D eigenvalue weighted by Gasteiger charge is -2.26. The molecule has 196 valence electrons. The highest BCUT2D eigenvalue weighted by atomic mass is 16.6. The van der Waals surface area contributed by atoms with E-state index in [-0.39, 0.29) is 17.9 Å². The van der Waals surface area contributed by atoms with Crippen LogP contribution in [-0.4, -0.2) is 55.2 Å². The first-order chi connectivity index (χ1) is 18.6. The van der Waals surface area contributed by atoms with Crippen LogP contribution in [0.5, 0.6) is 17.2 Å². The van der Waals surface area contributed by atoms with E-state index in [4.69, 9.17) is 18.9 Å². The molecule has 8 nitrogen and oxygen atoms in total. The monoisotopic (exact) mass is 515 g/mol. The first kappa shape index (κ1) is 25.4. The van der Waals surface area contributed by atoms with Crippen LogP contribution in [0.2, 0.25) is 0 Å². The number of benzene rings is 3. The number of nitrogens with zero attached hydrogens (tertiary/aromatic N) is 1. The van der Waals surface area contributed by atoms with E-state index in [0.29, 0.717) is 61.2 Å². The SMILES string of the molecule is COCCCN1C(=O)C(=O)C(=C(O)c2ccc3c(c2)OCCO3)[C@H]1c1cccc(OCc2ccccc2)c1. The number of aliphatic hydroxyl groups excluding tert-OH is 1. The molecule has 0 bridgehead atoms. The second kappa shape index (κ2) is 11.4. The van der Waals surface area contributed by atoms with Crippen molar-refractivity contribution in [2.75, 3.05) is 33.5 Å². The third kappa shape index (κ3) is 5.21. The Hall–Kier alpha value is -4.30. The average Bonchev–Trinajstić information content (AvgIpc) is 3.21. The Kier molecular flexibility index (Phi) is 7.60. The quantitative estimate of drug-likeness (QED) is 0.194. The summed E-state index contributed by atoms with van der Waals surface area (Å²) in [7, 11) is 1.58. The molecule has 0 saturated carbocycles. The molecule has 0 spiro atoms. The number of hydrogen-bond donors (Lipinski definition) is 1. The van der Waals surface area contributed by atoms with E-state index in [9.17, 15) is 14.7 Å². The normalized spacial score (nSPS) is 18.0. The predicted octanol–water partition coefficient (Wildman–Crippen LogP) is 4.50. The fourth-order valence-electron chi connectivity index (χ4n) is 4.70. The van der Waals surface area contributed by atoms with E-state index in [2.05, 4.69) is 0 Å². The Morgan fingerprint density at radius 2 is 1.76 bits per heavy atom. The summed E-state index contributed by atoms with van der Waals surface area (Å²) in [5.41, 5.74) is 2.06. The maximum absolute atomic E-state index is 13.3. The van der Waals surface area contributed by atoms with Gasteiger partial charge in [-0.3, -0.25) is 9.59 Å². The van der Waals surface area contributed by atoms with Gasteiger partial charge in [0.25, 0.3) is 11.7 Å². The van der Waals surface area contributed by atoms with E-state index in [0.717, 1.165) is 5.56 Å². The van der Waals surface area contributed by atoms with Crippen molar-refractivity contribution in [2.24, 2.45) is 0 Å². The summed E-state index contributed by atoms with van der Waals surface area (Å²) in [6.07, 6.45) is 0.536. The van der Waals surface area contributed by atoms with Crippen LogP contribution in [0.4, 0.5) is 0 Å². The molecule has 2 aliphatic rings. The maximum atomic E-state index is 13.3. The largest absolute Gasteiger partial charge is 0.507 e. The molecule has 1 atom stereocenters. The molecular formula is C30H29NO7. The van der Waals surface area contributed by atoms with Crippen molar-refractivity contribution in [2.45, 2.75) is 19.1 Å². The molecule has 2 aliphatic heterocycles. The van der Waals surface area contributed by atoms with E-state index in [1.54, 1.807) is 31.4 Å². The zero-order valence-corrected chi connectivity index (χ0v) is 21.1. The van der Waals surface area contributed by atoms with Crippen molar-refractivity contribution in [3.63, 3.8) is 0 Å². The molecule has 38 heavy (non-hydrogen) atoms. The summed E-state index contributed by atoms with van der Waals surface area (Å²) in [6, 6.07) is 21.2. The number of methoxy groups -OCH3 is 1. The van der Waals surface area contributed by atoms with E-state index >= 15 is 0 Å². The van der Waals surface area contributed by atoms with Gasteiger partial charge in [0.15, 0.2) is 11.5 Å². The van der Waals surface area contributed by atoms with Gasteiger partial charge in [-0.1, -0.05) is 42.5 Å². The fourth-order valence-corrected chi connectivity index (χ4v) is 4.70. The lowest BCUT2D eigenvalue weighted by molar-refractivity contribution is -0.140. The maximum Gasteiger partial charge on any atom is 0.295 e. The molecule has 8 heteroatoms. The van der Waals surface area contributed by atoms with Gasteiger partial charge in [0, 0.05) is 25.8 Å². The zero-order valence-electron chi connectivity index (χ0n) is 21.1. The third-order valence-corrected chi connectivity index (χ3v) is 6.53. The van der Waals surface area contributed by atoms with E-state index in [1.807, 2.05) is 48.5 Å². The summed E-state index contributed by atoms with van der Waals surface area (Å²) < 4.78 is 22.4. The molecule has 0 radical (unpaired) electrons. The lowest BCUT2D eigenvalue weighted by Crippen LogP contribution is -2.31. The van der Waals surface area contributed by atoms with Gasteiger partial charge in [-0.25, -0.2) is 0 Å². The minimum Gasteiger partial charge on any atom is -0.507 e. The summed E-state index contributed by atoms with van der Waals surface area (Å²) in [5.74, 6) is -0.0466. The first-order valence-electron chi connectivity index (χ1n) is 12.5. The molecule has 1 N–H and O–H groups in total. The molecule has 0 unspecified atom stereocenters. The molecular weight excluding hydrogens is 486 g/mol. The molecule has 1 fully saturated rings. The van der Waals surface area contributed by atoms with Crippen LogP contribution in [0.3, 0.4) is 0 Å². The van der Waals surface area contributed by atoms with Gasteiger partial charge in [-0.2, -0.15) is 0 Å². The van der Waals surface area contributed by atoms with Gasteiger partial charge in [-0.05, 0) is 47.9 Å². The van der Waals surface area contributed by atoms with E-state index in [1.165, 1.54) is 4.90 Å². The molecule has 1 saturated heterocycles. The Balaban J connectivity index is 1.52. The zero-order chi connectivity index (χ0) is 26.5. The van der Waals surface area contributed by atoms with Gasteiger partial charge >= 0.3 is 0 Å². The van der Waals surface area contributed by atoms with Crippen molar-refractivity contribution in [3.05, 3.63) is 95.1 Å². The van der Waals surface area contributed by atoms with Crippen LogP contribution in [0.1, 0.15) is 29.2 Å². The molecule has 5 rings (SSSR count). The van der Waals surface area contributed by atoms with Crippen LogP contribution < -0.4 is 14.2 Å². The topological polar surface area (TPSA) is 94.5 Å². The van der Waals surface area contributed by atoms with E-state index < -0.39 is 17.7 Å². The molecule has 1 amide bonds. The Labute approximate surface area is 221 Å². The lowest BCUT2D eigenvalue weighted by atomic mass is 9.95. The van der Waals surface area contributed by atoms with Gasteiger partial charge in [0.1, 0.15) is 31.3 Å². The summed E-state index contributed by atoms with van der Waals surface area (Å²) in [4.78, 5) is 28.0. The third-order valence-electron chi connectivity index (χ3n) is 6.53. The smallest absolute Gasteiger partial charge is 0.295 e. The highest BCUT2D eigenvalue weighted by Crippen LogP contribution is 2.41. The van der Waals surface area contributed by atoms with Crippen LogP contribution >= 0.6 is 0 Å². The van der Waals surface area contributed by atoms with Crippen molar-refractivity contribution < 1.29 is 33.6 Å². The fraction of sp³-hybridized carbons (Fsp3) is 0.267. The van der Waals surface area contributed by atoms with Crippen molar-refractivity contribution in [3.8, 4) is 17.2 Å². The number of ketones is 1. The minimum atomic E-state index is -0.791. The number of carbonyl (C=O) groups excluding carboxylic acids is 2. The number of carbonyl (C=O) groups is 2. The van der Waals surface area contributed by atoms with Crippen molar-refractivity contribution in [1.82, 2.24) is 4.90 Å². The van der Waals surface area contributed by atoms with Gasteiger partial charge in [-0.15, -0.1) is 0 Å². The second-order valence-electron chi connectivity index (χ2n) is 9.04. The average molecular weight is 516 g/mol. The van der Waals surface area contributed by atoms with Gasteiger partial charge in [0.05, 0.1) is 11.6 Å². The molecule has 3 aromatic carbocycles. The van der Waals surface area contributed by atoms with Gasteiger partial charge in [0.2, 0.25) is 0 Å². The Morgan fingerprint density at radius 3 is 2.55 bits per heavy atom. The number of Topliss-reactive ketones (excluding diaryl/α,β-unsaturated/α-hetero) is 1. The Bertz CT molecular complexity index is 1350. The summed E-state index contributed by atoms with van der Waals surface area (Å²) in [5, 5.41) is 11.4. The number of aliphatic hydroxyl groups is 1. The number of rotatable bonds is 9. The summed E-state index contributed by atoms with van der Waals surface area (Å²) in [6.45, 7) is 1.91. The molecule has 2 heterocycles. The van der Waals surface area contributed by atoms with Crippen LogP contribution in [0.25, 0.3) is 5.76 Å². The number of amides is 1. The Morgan fingerprint density at radius 1 is 0.974 bits per heavy atom. The highest BCUT2D eigenvalue weighted by molar-refractivity contribution is 6.46. The standard InChI is InChI=1S/C30H29NO7/c1-35-14-6-13-31-27(21-9-5-10-23(17-21)38-19-20-7-3-2-4-8-20)26(29(33)30(31)34)28(32)22-11-12-24-25(18-22)37-16-15-36-24/h2-5,7-12,17-18,27,32H,6,13-16,19H2,1H3/t27-/m1/s1.